The van der Waals surface area contributed by atoms with E-state index in [0.717, 1.165) is 10.1 Å². The monoisotopic (exact) mass is 403 g/mol. The van der Waals surface area contributed by atoms with Crippen molar-refractivity contribution in [2.75, 3.05) is 0 Å². The van der Waals surface area contributed by atoms with E-state index in [0.29, 0.717) is 0 Å². The van der Waals surface area contributed by atoms with Gasteiger partial charge in [0.2, 0.25) is 0 Å². The average Bonchev–Trinajstić information content (AvgIpc) is 2.74. The van der Waals surface area contributed by atoms with E-state index in [-0.39, 0.29) is 16.7 Å². The molecule has 30 heavy (non-hydrogen) atoms. The Hall–Kier alpha value is -4.00. The van der Waals surface area contributed by atoms with Gasteiger partial charge < -0.3 is 10.4 Å². The highest BCUT2D eigenvalue weighted by molar-refractivity contribution is 6.02. The van der Waals surface area contributed by atoms with Gasteiger partial charge >= 0.3 is 0 Å². The van der Waals surface area contributed by atoms with Crippen LogP contribution in [0.1, 0.15) is 28.9 Å². The number of aromatic hydroxyl groups is 1. The molecule has 0 bridgehead atoms. The van der Waals surface area contributed by atoms with E-state index in [1.165, 1.54) is 30.5 Å². The fourth-order valence-corrected chi connectivity index (χ4v) is 3.36. The zero-order valence-corrected chi connectivity index (χ0v) is 16.0. The first kappa shape index (κ1) is 19.3. The predicted octanol–water partition coefficient (Wildman–Crippen LogP) is 3.72. The van der Waals surface area contributed by atoms with Crippen LogP contribution in [0.3, 0.4) is 0 Å². The summed E-state index contributed by atoms with van der Waals surface area (Å²) >= 11 is 0. The fourth-order valence-electron chi connectivity index (χ4n) is 3.36. The highest BCUT2D eigenvalue weighted by Crippen LogP contribution is 2.27. The normalized spacial score (nSPS) is 11.9. The highest BCUT2D eigenvalue weighted by atomic mass is 19.1. The molecule has 0 spiro atoms. The Morgan fingerprint density at radius 1 is 1.10 bits per heavy atom. The maximum absolute atomic E-state index is 13.8. The number of nitrogens with zero attached hydrogens (tertiary/aromatic N) is 2. The minimum absolute atomic E-state index is 0.123. The smallest absolute Gasteiger partial charge is 0.273 e. The summed E-state index contributed by atoms with van der Waals surface area (Å²) in [6.45, 7) is 1.78. The van der Waals surface area contributed by atoms with Gasteiger partial charge in [0.05, 0.1) is 17.1 Å². The first-order chi connectivity index (χ1) is 14.5. The second-order valence-corrected chi connectivity index (χ2v) is 6.82. The molecule has 0 aliphatic heterocycles. The zero-order chi connectivity index (χ0) is 21.3. The summed E-state index contributed by atoms with van der Waals surface area (Å²) in [7, 11) is 0. The number of nitrogens with one attached hydrogen (secondary N) is 1. The molecule has 0 unspecified atom stereocenters. The topological polar surface area (TPSA) is 84.2 Å². The summed E-state index contributed by atoms with van der Waals surface area (Å²) < 4.78 is 14.9. The summed E-state index contributed by atoms with van der Waals surface area (Å²) in [5.74, 6) is -1.74. The molecule has 1 atom stereocenters. The second kappa shape index (κ2) is 7.79. The second-order valence-electron chi connectivity index (χ2n) is 6.82. The van der Waals surface area contributed by atoms with Gasteiger partial charge in [-0.05, 0) is 42.8 Å². The average molecular weight is 403 g/mol. The van der Waals surface area contributed by atoms with Gasteiger partial charge in [-0.3, -0.25) is 14.2 Å². The van der Waals surface area contributed by atoms with E-state index in [1.807, 2.05) is 30.3 Å². The van der Waals surface area contributed by atoms with Crippen LogP contribution in [-0.4, -0.2) is 20.6 Å². The Balaban J connectivity index is 1.88. The van der Waals surface area contributed by atoms with Crippen molar-refractivity contribution in [1.29, 1.82) is 0 Å². The quantitative estimate of drug-likeness (QED) is 0.544. The van der Waals surface area contributed by atoms with Crippen LogP contribution in [-0.2, 0) is 0 Å². The van der Waals surface area contributed by atoms with Crippen molar-refractivity contribution in [3.8, 4) is 11.4 Å². The number of carbonyl (C=O) groups excluding carboxylic acids is 1. The molecule has 0 aliphatic carbocycles. The van der Waals surface area contributed by atoms with Crippen molar-refractivity contribution in [2.24, 2.45) is 0 Å². The summed E-state index contributed by atoms with van der Waals surface area (Å²) in [5.41, 5.74) is -0.0463. The van der Waals surface area contributed by atoms with Gasteiger partial charge in [-0.2, -0.15) is 0 Å². The van der Waals surface area contributed by atoms with Gasteiger partial charge in [-0.1, -0.05) is 36.4 Å². The van der Waals surface area contributed by atoms with Crippen LogP contribution in [0.5, 0.6) is 5.75 Å². The Kier molecular flexibility index (Phi) is 5.02. The van der Waals surface area contributed by atoms with Crippen LogP contribution in [0.2, 0.25) is 0 Å². The number of aromatic nitrogens is 2. The number of hydrogen-bond acceptors (Lipinski definition) is 4. The van der Waals surface area contributed by atoms with Crippen molar-refractivity contribution in [3.05, 3.63) is 100 Å². The van der Waals surface area contributed by atoms with E-state index in [2.05, 4.69) is 10.3 Å². The van der Waals surface area contributed by atoms with Gasteiger partial charge in [-0.25, -0.2) is 9.37 Å². The molecule has 0 saturated carbocycles. The van der Waals surface area contributed by atoms with Crippen LogP contribution in [0.25, 0.3) is 16.7 Å². The Morgan fingerprint density at radius 3 is 2.60 bits per heavy atom. The van der Waals surface area contributed by atoms with E-state index < -0.39 is 34.6 Å². The zero-order valence-electron chi connectivity index (χ0n) is 16.0. The molecule has 0 saturated heterocycles. The molecule has 0 radical (unpaired) electrons. The molecule has 1 amide bonds. The van der Waals surface area contributed by atoms with Crippen LogP contribution in [0, 0.1) is 5.82 Å². The molecule has 150 valence electrons. The van der Waals surface area contributed by atoms with E-state index >= 15 is 0 Å². The molecule has 2 N–H and O–H groups in total. The molecule has 2 heterocycles. The van der Waals surface area contributed by atoms with Gasteiger partial charge in [0.25, 0.3) is 11.5 Å². The van der Waals surface area contributed by atoms with Gasteiger partial charge in [0.1, 0.15) is 17.1 Å². The van der Waals surface area contributed by atoms with Crippen LogP contribution in [0.15, 0.2) is 77.7 Å². The predicted molar refractivity (Wildman–Crippen MR) is 111 cm³/mol. The molecule has 0 aliphatic rings. The van der Waals surface area contributed by atoms with Crippen molar-refractivity contribution < 1.29 is 14.3 Å². The number of fused-ring (bicyclic) bond motifs is 1. The summed E-state index contributed by atoms with van der Waals surface area (Å²) in [6, 6.07) is 17.4. The lowest BCUT2D eigenvalue weighted by Crippen LogP contribution is -2.34. The molecule has 7 heteroatoms. The molecule has 6 nitrogen and oxygen atoms in total. The first-order valence-electron chi connectivity index (χ1n) is 9.32. The van der Waals surface area contributed by atoms with Gasteiger partial charge in [-0.15, -0.1) is 0 Å². The first-order valence-corrected chi connectivity index (χ1v) is 9.32. The molecule has 4 aromatic rings. The molecule has 4 rings (SSSR count). The SMILES string of the molecule is C[C@@H](NC(=O)c1c(O)c2cccnc2n(-c2cccc(F)c2)c1=O)c1ccccc1. The molecular formula is C23H18FN3O3. The maximum Gasteiger partial charge on any atom is 0.273 e. The third-order valence-electron chi connectivity index (χ3n) is 4.85. The molecule has 2 aromatic heterocycles. The highest BCUT2D eigenvalue weighted by Gasteiger charge is 2.24. The number of pyridine rings is 2. The van der Waals surface area contributed by atoms with E-state index in [4.69, 9.17) is 0 Å². The standard InChI is InChI=1S/C23H18FN3O3/c1-14(15-7-3-2-4-8-15)26-22(29)19-20(28)18-11-6-12-25-21(18)27(23(19)30)17-10-5-9-16(24)13-17/h2-14,28H,1H3,(H,26,29)/t14-/m1/s1. The fraction of sp³-hybridized carbons (Fsp3) is 0.0870. The lowest BCUT2D eigenvalue weighted by atomic mass is 10.1. The van der Waals surface area contributed by atoms with Crippen molar-refractivity contribution >= 4 is 16.9 Å². The Bertz CT molecular complexity index is 1300. The lowest BCUT2D eigenvalue weighted by Gasteiger charge is -2.17. The van der Waals surface area contributed by atoms with Crippen LogP contribution < -0.4 is 10.9 Å². The summed E-state index contributed by atoms with van der Waals surface area (Å²) in [6.07, 6.45) is 1.45. The summed E-state index contributed by atoms with van der Waals surface area (Å²) in [4.78, 5) is 30.4. The van der Waals surface area contributed by atoms with E-state index in [9.17, 15) is 19.1 Å². The third-order valence-corrected chi connectivity index (χ3v) is 4.85. The van der Waals surface area contributed by atoms with Gasteiger partial charge in [0, 0.05) is 6.20 Å². The van der Waals surface area contributed by atoms with Crippen molar-refractivity contribution in [3.63, 3.8) is 0 Å². The number of hydrogen-bond donors (Lipinski definition) is 2. The van der Waals surface area contributed by atoms with Crippen LogP contribution in [0.4, 0.5) is 4.39 Å². The number of benzene rings is 2. The Morgan fingerprint density at radius 2 is 1.87 bits per heavy atom. The minimum Gasteiger partial charge on any atom is -0.506 e. The number of rotatable bonds is 4. The van der Waals surface area contributed by atoms with Gasteiger partial charge in [0.15, 0.2) is 5.65 Å². The molecular weight excluding hydrogens is 385 g/mol. The number of amides is 1. The van der Waals surface area contributed by atoms with Crippen LogP contribution >= 0.6 is 0 Å². The number of halogens is 1. The third kappa shape index (κ3) is 3.41. The Labute approximate surface area is 171 Å². The molecule has 0 fully saturated rings. The van der Waals surface area contributed by atoms with E-state index in [1.54, 1.807) is 19.1 Å². The van der Waals surface area contributed by atoms with Crippen molar-refractivity contribution in [2.45, 2.75) is 13.0 Å². The summed E-state index contributed by atoms with van der Waals surface area (Å²) in [5, 5.41) is 13.7. The van der Waals surface area contributed by atoms with Crippen molar-refractivity contribution in [1.82, 2.24) is 14.9 Å². The largest absolute Gasteiger partial charge is 0.506 e. The maximum atomic E-state index is 13.8. The molecule has 2 aromatic carbocycles. The lowest BCUT2D eigenvalue weighted by molar-refractivity contribution is 0.0935. The number of carbonyl (C=O) groups is 1. The minimum atomic E-state index is -0.790.